The molecule has 0 saturated heterocycles. The Labute approximate surface area is 267 Å². The number of nitrogens with zero attached hydrogens (tertiary/aromatic N) is 1. The lowest BCUT2D eigenvalue weighted by molar-refractivity contribution is 0.0821. The molecule has 240 valence electrons. The lowest BCUT2D eigenvalue weighted by atomic mass is 9.97. The summed E-state index contributed by atoms with van der Waals surface area (Å²) in [6, 6.07) is 16.8. The van der Waals surface area contributed by atoms with E-state index < -0.39 is 23.8 Å². The molecule has 0 unspecified atom stereocenters. The number of carbonyl (C=O) groups excluding carboxylic acids is 1. The van der Waals surface area contributed by atoms with Gasteiger partial charge in [0.25, 0.3) is 5.91 Å². The molecule has 0 spiro atoms. The van der Waals surface area contributed by atoms with E-state index in [9.17, 15) is 18.7 Å². The topological polar surface area (TPSA) is 64.6 Å². The summed E-state index contributed by atoms with van der Waals surface area (Å²) in [6.45, 7) is 10.4. The molecule has 1 aliphatic carbocycles. The van der Waals surface area contributed by atoms with Crippen molar-refractivity contribution < 1.29 is 18.7 Å². The molecule has 4 rings (SSSR count). The van der Waals surface area contributed by atoms with Crippen LogP contribution in [0.5, 0.6) is 0 Å². The molecule has 1 fully saturated rings. The predicted octanol–water partition coefficient (Wildman–Crippen LogP) is 6.72. The Morgan fingerprint density at radius 2 is 1.70 bits per heavy atom. The molecule has 0 radical (unpaired) electrons. The van der Waals surface area contributed by atoms with Crippen LogP contribution in [0.2, 0.25) is 0 Å². The number of hydrogen-bond donors (Lipinski definition) is 3. The van der Waals surface area contributed by atoms with Crippen LogP contribution in [0.15, 0.2) is 60.7 Å². The van der Waals surface area contributed by atoms with Gasteiger partial charge < -0.3 is 20.6 Å². The number of aryl methyl sites for hydroxylation is 2. The maximum Gasteiger partial charge on any atom is 0.251 e. The second-order valence-electron chi connectivity index (χ2n) is 12.8. The van der Waals surface area contributed by atoms with E-state index in [1.165, 1.54) is 23.3 Å². The Bertz CT molecular complexity index is 1380. The Kier molecular flexibility index (Phi) is 12.9. The predicted molar refractivity (Wildman–Crippen MR) is 176 cm³/mol. The van der Waals surface area contributed by atoms with E-state index >= 15 is 0 Å². The van der Waals surface area contributed by atoms with Crippen molar-refractivity contribution in [1.82, 2.24) is 15.5 Å². The molecule has 3 N–H and O–H groups in total. The molecule has 2 atom stereocenters. The third-order valence-corrected chi connectivity index (χ3v) is 8.39. The van der Waals surface area contributed by atoms with Crippen LogP contribution in [-0.4, -0.2) is 48.2 Å². The molecule has 8 heteroatoms. The van der Waals surface area contributed by atoms with Crippen LogP contribution in [-0.2, 0) is 24.9 Å². The van der Waals surface area contributed by atoms with Gasteiger partial charge in [-0.25, -0.2) is 8.78 Å². The average Bonchev–Trinajstić information content (AvgIpc) is 3.75. The van der Waals surface area contributed by atoms with Crippen molar-refractivity contribution in [1.29, 1.82) is 0 Å². The quantitative estimate of drug-likeness (QED) is 0.175. The zero-order valence-corrected chi connectivity index (χ0v) is 27.4. The summed E-state index contributed by atoms with van der Waals surface area (Å²) in [5.41, 5.74) is 5.11. The molecule has 0 heterocycles. The van der Waals surface area contributed by atoms with Gasteiger partial charge in [0.05, 0.1) is 12.1 Å². The van der Waals surface area contributed by atoms with Gasteiger partial charge in [-0.2, -0.15) is 0 Å². The minimum absolute atomic E-state index is 0. The van der Waals surface area contributed by atoms with Crippen LogP contribution < -0.4 is 10.6 Å². The van der Waals surface area contributed by atoms with E-state index in [0.29, 0.717) is 23.6 Å². The molecular formula is C36H48ClF2N3O2. The van der Waals surface area contributed by atoms with Crippen molar-refractivity contribution in [3.63, 3.8) is 0 Å². The van der Waals surface area contributed by atoms with Gasteiger partial charge >= 0.3 is 0 Å². The zero-order valence-electron chi connectivity index (χ0n) is 26.6. The van der Waals surface area contributed by atoms with Crippen molar-refractivity contribution in [3.8, 4) is 0 Å². The third kappa shape index (κ3) is 10.1. The Morgan fingerprint density at radius 1 is 1.00 bits per heavy atom. The van der Waals surface area contributed by atoms with Gasteiger partial charge in [0.15, 0.2) is 0 Å². The number of carbonyl (C=O) groups is 1. The number of halogens is 3. The van der Waals surface area contributed by atoms with Crippen LogP contribution in [0.3, 0.4) is 0 Å². The van der Waals surface area contributed by atoms with Crippen molar-refractivity contribution in [2.24, 2.45) is 5.92 Å². The average molecular weight is 628 g/mol. The molecule has 1 saturated carbocycles. The number of aliphatic hydroxyl groups excluding tert-OH is 1. The first kappa shape index (κ1) is 35.6. The summed E-state index contributed by atoms with van der Waals surface area (Å²) in [7, 11) is 2.08. The van der Waals surface area contributed by atoms with Gasteiger partial charge in [0.1, 0.15) is 11.6 Å². The van der Waals surface area contributed by atoms with E-state index in [4.69, 9.17) is 0 Å². The lowest BCUT2D eigenvalue weighted by Gasteiger charge is -2.28. The standard InChI is InChI=1S/C36H47F2N3O2.ClH/c1-6-26-8-7-9-30(17-26)36(11-12-36)39-22-34(42)33(20-27-18-31(37)21-32(38)19-27)40-35(43)29-15-25(4)14-28(16-29)23-41(5)13-10-24(2)3;/h7-9,14-19,21,24,33-34,39,42H,6,10-13,20,22-23H2,1-5H3,(H,40,43);1H/t33-,34+;/m0./s1. The van der Waals surface area contributed by atoms with E-state index in [0.717, 1.165) is 49.4 Å². The zero-order chi connectivity index (χ0) is 31.1. The molecule has 3 aromatic carbocycles. The maximum absolute atomic E-state index is 14.1. The fourth-order valence-electron chi connectivity index (χ4n) is 5.70. The van der Waals surface area contributed by atoms with Crippen LogP contribution >= 0.6 is 12.4 Å². The number of aliphatic hydroxyl groups is 1. The van der Waals surface area contributed by atoms with Gasteiger partial charge in [-0.15, -0.1) is 12.4 Å². The molecule has 0 bridgehead atoms. The maximum atomic E-state index is 14.1. The van der Waals surface area contributed by atoms with E-state index in [1.807, 2.05) is 19.1 Å². The molecule has 1 aliphatic rings. The number of hydrogen-bond acceptors (Lipinski definition) is 4. The van der Waals surface area contributed by atoms with Crippen LogP contribution in [0, 0.1) is 24.5 Å². The fraction of sp³-hybridized carbons (Fsp3) is 0.472. The van der Waals surface area contributed by atoms with Gasteiger partial charge in [-0.05, 0) is 105 Å². The molecule has 0 aromatic heterocycles. The second-order valence-corrected chi connectivity index (χ2v) is 12.8. The van der Waals surface area contributed by atoms with E-state index in [-0.39, 0.29) is 36.8 Å². The first-order chi connectivity index (χ1) is 20.5. The summed E-state index contributed by atoms with van der Waals surface area (Å²) in [5.74, 6) is -1.09. The van der Waals surface area contributed by atoms with Crippen molar-refractivity contribution in [3.05, 3.63) is 106 Å². The summed E-state index contributed by atoms with van der Waals surface area (Å²) >= 11 is 0. The second kappa shape index (κ2) is 15.9. The SMILES string of the molecule is CCc1cccc(C2(NC[C@@H](O)[C@H](Cc3cc(F)cc(F)c3)NC(=O)c3cc(C)cc(CN(C)CCC(C)C)c3)CC2)c1.Cl. The first-order valence-corrected chi connectivity index (χ1v) is 15.5. The highest BCUT2D eigenvalue weighted by atomic mass is 35.5. The van der Waals surface area contributed by atoms with Gasteiger partial charge in [-0.1, -0.05) is 56.7 Å². The number of benzene rings is 3. The van der Waals surface area contributed by atoms with E-state index in [2.05, 4.69) is 73.7 Å². The lowest BCUT2D eigenvalue weighted by Crippen LogP contribution is -2.50. The minimum atomic E-state index is -0.992. The first-order valence-electron chi connectivity index (χ1n) is 15.5. The van der Waals surface area contributed by atoms with Crippen molar-refractivity contribution in [2.45, 2.75) is 84.0 Å². The number of amides is 1. The summed E-state index contributed by atoms with van der Waals surface area (Å²) in [4.78, 5) is 15.8. The minimum Gasteiger partial charge on any atom is -0.390 e. The Morgan fingerprint density at radius 3 is 2.34 bits per heavy atom. The highest BCUT2D eigenvalue weighted by Gasteiger charge is 2.44. The molecule has 44 heavy (non-hydrogen) atoms. The van der Waals surface area contributed by atoms with E-state index in [1.54, 1.807) is 0 Å². The molecule has 0 aliphatic heterocycles. The number of rotatable bonds is 15. The Hall–Kier alpha value is -2.84. The molecular weight excluding hydrogens is 580 g/mol. The Balaban J connectivity index is 0.00000529. The largest absolute Gasteiger partial charge is 0.390 e. The van der Waals surface area contributed by atoms with Gasteiger partial charge in [0.2, 0.25) is 0 Å². The highest BCUT2D eigenvalue weighted by Crippen LogP contribution is 2.45. The van der Waals surface area contributed by atoms with Crippen LogP contribution in [0.1, 0.15) is 78.2 Å². The van der Waals surface area contributed by atoms with Crippen molar-refractivity contribution in [2.75, 3.05) is 20.1 Å². The highest BCUT2D eigenvalue weighted by molar-refractivity contribution is 5.94. The molecule has 3 aromatic rings. The van der Waals surface area contributed by atoms with Crippen LogP contribution in [0.25, 0.3) is 0 Å². The third-order valence-electron chi connectivity index (χ3n) is 8.39. The van der Waals surface area contributed by atoms with Crippen LogP contribution in [0.4, 0.5) is 8.78 Å². The molecule has 1 amide bonds. The molecule has 5 nitrogen and oxygen atoms in total. The summed E-state index contributed by atoms with van der Waals surface area (Å²) in [6.07, 6.45) is 3.04. The fourth-order valence-corrected chi connectivity index (χ4v) is 5.70. The summed E-state index contributed by atoms with van der Waals surface area (Å²) < 4.78 is 28.1. The van der Waals surface area contributed by atoms with Gasteiger partial charge in [0, 0.05) is 30.3 Å². The van der Waals surface area contributed by atoms with Crippen molar-refractivity contribution >= 4 is 18.3 Å². The monoisotopic (exact) mass is 627 g/mol. The normalized spacial score (nSPS) is 15.1. The summed E-state index contributed by atoms with van der Waals surface area (Å²) in [5, 5.41) is 17.9. The number of nitrogens with one attached hydrogen (secondary N) is 2. The smallest absolute Gasteiger partial charge is 0.251 e. The van der Waals surface area contributed by atoms with Gasteiger partial charge in [-0.3, -0.25) is 4.79 Å².